The Balaban J connectivity index is 2.89. The van der Waals surface area contributed by atoms with Crippen molar-refractivity contribution >= 4 is 11.7 Å². The molecule has 1 rings (SSSR count). The van der Waals surface area contributed by atoms with Gasteiger partial charge in [0.25, 0.3) is 0 Å². The summed E-state index contributed by atoms with van der Waals surface area (Å²) in [6.07, 6.45) is 0.594. The molecule has 2 N–H and O–H groups in total. The fraction of sp³-hybridized carbons (Fsp3) is 0.0909. The molecule has 0 aliphatic rings. The summed E-state index contributed by atoms with van der Waals surface area (Å²) < 4.78 is 0. The lowest BCUT2D eigenvalue weighted by atomic mass is 10.1. The largest absolute Gasteiger partial charge is 0.513 e. The first-order valence-electron chi connectivity index (χ1n) is 4.37. The molecule has 0 saturated carbocycles. The van der Waals surface area contributed by atoms with E-state index in [0.717, 1.165) is 0 Å². The van der Waals surface area contributed by atoms with E-state index in [1.54, 1.807) is 30.3 Å². The number of aliphatic hydroxyl groups is 1. The molecule has 4 nitrogen and oxygen atoms in total. The number of benzene rings is 1. The number of hydrogen-bond donors (Lipinski definition) is 2. The first kappa shape index (κ1) is 11.0. The Labute approximate surface area is 87.2 Å². The minimum absolute atomic E-state index is 0.131. The van der Waals surface area contributed by atoms with Crippen LogP contribution < -0.4 is 5.32 Å². The van der Waals surface area contributed by atoms with Crippen molar-refractivity contribution < 1.29 is 14.7 Å². The van der Waals surface area contributed by atoms with E-state index in [0.29, 0.717) is 11.8 Å². The number of carbonyl (C=O) groups is 2. The number of aliphatic hydroxyl groups excluding tert-OH is 1. The van der Waals surface area contributed by atoms with E-state index < -0.39 is 11.7 Å². The maximum atomic E-state index is 11.7. The van der Waals surface area contributed by atoms with Crippen LogP contribution in [0.25, 0.3) is 0 Å². The quantitative estimate of drug-likeness (QED) is 0.445. The standard InChI is InChI=1S/C11H11NO3/c1-8(14)12-10(7-13)11(15)9-5-3-2-4-6-9/h2-7,13H,1H3,(H,12,14). The molecule has 1 aromatic carbocycles. The number of nitrogens with one attached hydrogen (secondary N) is 1. The highest BCUT2D eigenvalue weighted by molar-refractivity contribution is 6.09. The normalized spacial score (nSPS) is 10.9. The van der Waals surface area contributed by atoms with Crippen LogP contribution in [0.2, 0.25) is 0 Å². The maximum absolute atomic E-state index is 11.7. The van der Waals surface area contributed by atoms with Gasteiger partial charge in [-0.2, -0.15) is 0 Å². The van der Waals surface area contributed by atoms with Gasteiger partial charge >= 0.3 is 0 Å². The number of allylic oxidation sites excluding steroid dienone is 1. The molecule has 1 aromatic rings. The van der Waals surface area contributed by atoms with Crippen LogP contribution in [0.5, 0.6) is 0 Å². The van der Waals surface area contributed by atoms with Crippen molar-refractivity contribution in [3.63, 3.8) is 0 Å². The zero-order valence-electron chi connectivity index (χ0n) is 8.23. The van der Waals surface area contributed by atoms with E-state index in [1.165, 1.54) is 6.92 Å². The average molecular weight is 205 g/mol. The molecular weight excluding hydrogens is 194 g/mol. The van der Waals surface area contributed by atoms with Gasteiger partial charge < -0.3 is 10.4 Å². The molecule has 0 aliphatic carbocycles. The maximum Gasteiger partial charge on any atom is 0.221 e. The second-order valence-electron chi connectivity index (χ2n) is 2.92. The Kier molecular flexibility index (Phi) is 3.62. The van der Waals surface area contributed by atoms with Crippen LogP contribution in [0.3, 0.4) is 0 Å². The molecule has 0 bridgehead atoms. The molecule has 0 saturated heterocycles. The van der Waals surface area contributed by atoms with E-state index in [-0.39, 0.29) is 5.70 Å². The number of amides is 1. The molecule has 15 heavy (non-hydrogen) atoms. The van der Waals surface area contributed by atoms with Gasteiger partial charge in [0.15, 0.2) is 0 Å². The zero-order valence-corrected chi connectivity index (χ0v) is 8.23. The van der Waals surface area contributed by atoms with Gasteiger partial charge in [-0.15, -0.1) is 0 Å². The van der Waals surface area contributed by atoms with Gasteiger partial charge in [-0.1, -0.05) is 30.3 Å². The third-order valence-corrected chi connectivity index (χ3v) is 1.72. The molecule has 0 aliphatic heterocycles. The van der Waals surface area contributed by atoms with Crippen LogP contribution in [0.4, 0.5) is 0 Å². The van der Waals surface area contributed by atoms with E-state index in [9.17, 15) is 9.59 Å². The number of rotatable bonds is 3. The van der Waals surface area contributed by atoms with Crippen LogP contribution in [0.1, 0.15) is 17.3 Å². The highest BCUT2D eigenvalue weighted by Gasteiger charge is 2.12. The molecule has 0 fully saturated rings. The average Bonchev–Trinajstić information content (AvgIpc) is 2.26. The van der Waals surface area contributed by atoms with Gasteiger partial charge in [0.1, 0.15) is 12.0 Å². The first-order chi connectivity index (χ1) is 7.15. The lowest BCUT2D eigenvalue weighted by molar-refractivity contribution is -0.118. The SMILES string of the molecule is CC(=O)NC(=CO)C(=O)c1ccccc1. The molecule has 78 valence electrons. The van der Waals surface area contributed by atoms with Gasteiger partial charge in [0.05, 0.1) is 0 Å². The third-order valence-electron chi connectivity index (χ3n) is 1.72. The van der Waals surface area contributed by atoms with Gasteiger partial charge in [-0.25, -0.2) is 0 Å². The highest BCUT2D eigenvalue weighted by Crippen LogP contribution is 2.05. The van der Waals surface area contributed by atoms with Crippen molar-refractivity contribution in [1.82, 2.24) is 5.32 Å². The van der Waals surface area contributed by atoms with Crippen molar-refractivity contribution in [2.75, 3.05) is 0 Å². The van der Waals surface area contributed by atoms with E-state index in [4.69, 9.17) is 5.11 Å². The topological polar surface area (TPSA) is 66.4 Å². The van der Waals surface area contributed by atoms with Crippen LogP contribution >= 0.6 is 0 Å². The summed E-state index contributed by atoms with van der Waals surface area (Å²) in [5.74, 6) is -0.826. The van der Waals surface area contributed by atoms with E-state index in [2.05, 4.69) is 5.32 Å². The lowest BCUT2D eigenvalue weighted by Crippen LogP contribution is -2.25. The fourth-order valence-electron chi connectivity index (χ4n) is 1.08. The lowest BCUT2D eigenvalue weighted by Gasteiger charge is -2.04. The zero-order chi connectivity index (χ0) is 11.3. The molecule has 0 aromatic heterocycles. The summed E-state index contributed by atoms with van der Waals surface area (Å²) in [7, 11) is 0. The summed E-state index contributed by atoms with van der Waals surface area (Å²) in [4.78, 5) is 22.4. The summed E-state index contributed by atoms with van der Waals surface area (Å²) in [6.45, 7) is 1.27. The molecular formula is C11H11NO3. The monoisotopic (exact) mass is 205 g/mol. The van der Waals surface area contributed by atoms with Gasteiger partial charge in [0.2, 0.25) is 11.7 Å². The van der Waals surface area contributed by atoms with Crippen LogP contribution in [-0.2, 0) is 4.79 Å². The molecule has 4 heteroatoms. The van der Waals surface area contributed by atoms with Crippen molar-refractivity contribution in [2.45, 2.75) is 6.92 Å². The third kappa shape index (κ3) is 2.95. The Morgan fingerprint density at radius 2 is 1.87 bits per heavy atom. The summed E-state index contributed by atoms with van der Waals surface area (Å²) in [6, 6.07) is 8.39. The van der Waals surface area contributed by atoms with Crippen molar-refractivity contribution in [3.05, 3.63) is 47.9 Å². The Bertz CT molecular complexity index is 396. The molecule has 1 amide bonds. The Hall–Kier alpha value is -2.10. The molecule has 0 unspecified atom stereocenters. The minimum Gasteiger partial charge on any atom is -0.513 e. The first-order valence-corrected chi connectivity index (χ1v) is 4.37. The smallest absolute Gasteiger partial charge is 0.221 e. The minimum atomic E-state index is -0.423. The van der Waals surface area contributed by atoms with Gasteiger partial charge in [0, 0.05) is 12.5 Å². The highest BCUT2D eigenvalue weighted by atomic mass is 16.2. The second-order valence-corrected chi connectivity index (χ2v) is 2.92. The number of Topliss-reactive ketones (excluding diaryl/α,β-unsaturated/α-hetero) is 1. The second kappa shape index (κ2) is 4.95. The fourth-order valence-corrected chi connectivity index (χ4v) is 1.08. The Morgan fingerprint density at radius 1 is 1.27 bits per heavy atom. The molecule has 0 atom stereocenters. The molecule has 0 radical (unpaired) electrons. The van der Waals surface area contributed by atoms with Crippen molar-refractivity contribution in [1.29, 1.82) is 0 Å². The van der Waals surface area contributed by atoms with E-state index >= 15 is 0 Å². The van der Waals surface area contributed by atoms with Crippen LogP contribution in [-0.4, -0.2) is 16.8 Å². The van der Waals surface area contributed by atoms with Crippen LogP contribution in [0.15, 0.2) is 42.3 Å². The predicted molar refractivity (Wildman–Crippen MR) is 55.3 cm³/mol. The number of carbonyl (C=O) groups excluding carboxylic acids is 2. The Morgan fingerprint density at radius 3 is 2.33 bits per heavy atom. The number of hydrogen-bond acceptors (Lipinski definition) is 3. The molecule has 0 heterocycles. The number of ketones is 1. The van der Waals surface area contributed by atoms with Gasteiger partial charge in [-0.05, 0) is 0 Å². The van der Waals surface area contributed by atoms with Gasteiger partial charge in [-0.3, -0.25) is 9.59 Å². The molecule has 0 spiro atoms. The van der Waals surface area contributed by atoms with E-state index in [1.807, 2.05) is 0 Å². The predicted octanol–water partition coefficient (Wildman–Crippen LogP) is 1.40. The van der Waals surface area contributed by atoms with Crippen LogP contribution in [0, 0.1) is 0 Å². The van der Waals surface area contributed by atoms with Crippen molar-refractivity contribution in [3.8, 4) is 0 Å². The summed E-state index contributed by atoms with van der Waals surface area (Å²) >= 11 is 0. The summed E-state index contributed by atoms with van der Waals surface area (Å²) in [5, 5.41) is 11.1. The van der Waals surface area contributed by atoms with Crippen molar-refractivity contribution in [2.24, 2.45) is 0 Å². The summed E-state index contributed by atoms with van der Waals surface area (Å²) in [5.41, 5.74) is 0.278.